The molecule has 0 spiro atoms. The summed E-state index contributed by atoms with van der Waals surface area (Å²) < 4.78 is 5.21. The normalized spacial score (nSPS) is 14.3. The number of carbonyl (C=O) groups is 2. The first-order valence-electron chi connectivity index (χ1n) is 10.6. The maximum absolute atomic E-state index is 12.4. The number of nitrogens with zero attached hydrogens (tertiary/aromatic N) is 1. The van der Waals surface area contributed by atoms with Crippen LogP contribution in [0.4, 0.5) is 11.4 Å². The Morgan fingerprint density at radius 3 is 2.60 bits per heavy atom. The van der Waals surface area contributed by atoms with E-state index >= 15 is 0 Å². The van der Waals surface area contributed by atoms with Gasteiger partial charge in [0.2, 0.25) is 11.8 Å². The second kappa shape index (κ2) is 10.7. The molecule has 0 bridgehead atoms. The number of benzene rings is 2. The number of rotatable bonds is 9. The molecular formula is C24H31N3O3. The summed E-state index contributed by atoms with van der Waals surface area (Å²) in [5.74, 6) is 0.620. The van der Waals surface area contributed by atoms with Gasteiger partial charge in [0.1, 0.15) is 5.75 Å². The van der Waals surface area contributed by atoms with Gasteiger partial charge < -0.3 is 20.3 Å². The van der Waals surface area contributed by atoms with Crippen LogP contribution in [0, 0.1) is 0 Å². The van der Waals surface area contributed by atoms with Crippen LogP contribution in [-0.4, -0.2) is 38.1 Å². The van der Waals surface area contributed by atoms with Crippen LogP contribution in [0.5, 0.6) is 5.75 Å². The van der Waals surface area contributed by atoms with E-state index in [4.69, 9.17) is 4.74 Å². The van der Waals surface area contributed by atoms with E-state index in [0.717, 1.165) is 35.8 Å². The highest BCUT2D eigenvalue weighted by molar-refractivity contribution is 5.92. The SMILES string of the molecule is COc1cccc(CCC(=O)NC(C)CC(=O)Nc2cccc(N3CCCC3)c2)c1. The quantitative estimate of drug-likeness (QED) is 0.662. The predicted octanol–water partition coefficient (Wildman–Crippen LogP) is 3.76. The third-order valence-corrected chi connectivity index (χ3v) is 5.27. The molecule has 6 heteroatoms. The number of ether oxygens (including phenoxy) is 1. The molecule has 1 fully saturated rings. The standard InChI is InChI=1S/C24H31N3O3/c1-18(25-23(28)12-11-19-7-5-10-22(16-19)30-2)15-24(29)26-20-8-6-9-21(17-20)27-13-3-4-14-27/h5-10,16-18H,3-4,11-15H2,1-2H3,(H,25,28)(H,26,29). The topological polar surface area (TPSA) is 70.7 Å². The maximum Gasteiger partial charge on any atom is 0.226 e. The molecule has 160 valence electrons. The summed E-state index contributed by atoms with van der Waals surface area (Å²) in [5.41, 5.74) is 2.98. The number of nitrogens with one attached hydrogen (secondary N) is 2. The summed E-state index contributed by atoms with van der Waals surface area (Å²) in [4.78, 5) is 27.0. The number of aryl methyl sites for hydroxylation is 1. The van der Waals surface area contributed by atoms with Gasteiger partial charge in [0.25, 0.3) is 0 Å². The molecule has 2 aromatic rings. The highest BCUT2D eigenvalue weighted by atomic mass is 16.5. The van der Waals surface area contributed by atoms with Crippen molar-refractivity contribution in [2.45, 2.75) is 45.1 Å². The van der Waals surface area contributed by atoms with E-state index < -0.39 is 0 Å². The molecule has 1 heterocycles. The predicted molar refractivity (Wildman–Crippen MR) is 120 cm³/mol. The second-order valence-corrected chi connectivity index (χ2v) is 7.82. The van der Waals surface area contributed by atoms with Crippen molar-refractivity contribution in [3.63, 3.8) is 0 Å². The molecule has 1 aliphatic heterocycles. The van der Waals surface area contributed by atoms with E-state index in [0.29, 0.717) is 12.8 Å². The number of hydrogen-bond acceptors (Lipinski definition) is 4. The Hall–Kier alpha value is -3.02. The van der Waals surface area contributed by atoms with Crippen LogP contribution >= 0.6 is 0 Å². The molecule has 1 aliphatic rings. The zero-order valence-corrected chi connectivity index (χ0v) is 17.8. The van der Waals surface area contributed by atoms with Gasteiger partial charge in [-0.05, 0) is 62.1 Å². The molecule has 1 unspecified atom stereocenters. The number of hydrogen-bond donors (Lipinski definition) is 2. The zero-order chi connectivity index (χ0) is 21.3. The van der Waals surface area contributed by atoms with Crippen molar-refractivity contribution in [3.8, 4) is 5.75 Å². The highest BCUT2D eigenvalue weighted by Gasteiger charge is 2.15. The second-order valence-electron chi connectivity index (χ2n) is 7.82. The molecule has 1 atom stereocenters. The van der Waals surface area contributed by atoms with Gasteiger partial charge in [-0.1, -0.05) is 18.2 Å². The van der Waals surface area contributed by atoms with Gasteiger partial charge in [-0.2, -0.15) is 0 Å². The summed E-state index contributed by atoms with van der Waals surface area (Å²) in [6.07, 6.45) is 3.67. The molecule has 0 saturated carbocycles. The van der Waals surface area contributed by atoms with Gasteiger partial charge in [-0.15, -0.1) is 0 Å². The van der Waals surface area contributed by atoms with Crippen LogP contribution in [0.3, 0.4) is 0 Å². The van der Waals surface area contributed by atoms with Crippen molar-refractivity contribution in [3.05, 3.63) is 54.1 Å². The largest absolute Gasteiger partial charge is 0.497 e. The maximum atomic E-state index is 12.4. The van der Waals surface area contributed by atoms with Crippen LogP contribution in [0.15, 0.2) is 48.5 Å². The molecule has 2 N–H and O–H groups in total. The van der Waals surface area contributed by atoms with Crippen molar-refractivity contribution in [2.24, 2.45) is 0 Å². The molecule has 6 nitrogen and oxygen atoms in total. The summed E-state index contributed by atoms with van der Waals surface area (Å²) in [5, 5.41) is 5.86. The van der Waals surface area contributed by atoms with Crippen molar-refractivity contribution >= 4 is 23.2 Å². The smallest absolute Gasteiger partial charge is 0.226 e. The molecule has 0 radical (unpaired) electrons. The minimum atomic E-state index is -0.232. The molecule has 2 aromatic carbocycles. The van der Waals surface area contributed by atoms with Crippen molar-refractivity contribution in [1.82, 2.24) is 5.32 Å². The lowest BCUT2D eigenvalue weighted by atomic mass is 10.1. The van der Waals surface area contributed by atoms with Crippen LogP contribution in [-0.2, 0) is 16.0 Å². The van der Waals surface area contributed by atoms with E-state index in [1.165, 1.54) is 12.8 Å². The van der Waals surface area contributed by atoms with Crippen LogP contribution in [0.2, 0.25) is 0 Å². The van der Waals surface area contributed by atoms with Gasteiger partial charge in [0.05, 0.1) is 7.11 Å². The lowest BCUT2D eigenvalue weighted by Crippen LogP contribution is -2.35. The first-order chi connectivity index (χ1) is 14.5. The minimum Gasteiger partial charge on any atom is -0.497 e. The summed E-state index contributed by atoms with van der Waals surface area (Å²) in [6, 6.07) is 15.4. The molecule has 1 saturated heterocycles. The van der Waals surface area contributed by atoms with Crippen molar-refractivity contribution in [1.29, 1.82) is 0 Å². The van der Waals surface area contributed by atoms with Crippen LogP contribution in [0.1, 0.15) is 38.2 Å². The van der Waals surface area contributed by atoms with Gasteiger partial charge >= 0.3 is 0 Å². The number of methoxy groups -OCH3 is 1. The van der Waals surface area contributed by atoms with Gasteiger partial charge in [0.15, 0.2) is 0 Å². The van der Waals surface area contributed by atoms with E-state index in [9.17, 15) is 9.59 Å². The summed E-state index contributed by atoms with van der Waals surface area (Å²) in [6.45, 7) is 3.98. The number of carbonyl (C=O) groups excluding carboxylic acids is 2. The molecule has 0 aromatic heterocycles. The molecule has 2 amide bonds. The fraction of sp³-hybridized carbons (Fsp3) is 0.417. The van der Waals surface area contributed by atoms with Crippen LogP contribution in [0.25, 0.3) is 0 Å². The molecule has 0 aliphatic carbocycles. The Morgan fingerprint density at radius 2 is 1.83 bits per heavy atom. The summed E-state index contributed by atoms with van der Waals surface area (Å²) in [7, 11) is 1.63. The van der Waals surface area contributed by atoms with Gasteiger partial charge in [0, 0.05) is 43.3 Å². The Labute approximate surface area is 178 Å². The zero-order valence-electron chi connectivity index (χ0n) is 17.8. The summed E-state index contributed by atoms with van der Waals surface area (Å²) >= 11 is 0. The molecule has 30 heavy (non-hydrogen) atoms. The Balaban J connectivity index is 1.42. The number of amides is 2. The van der Waals surface area contributed by atoms with Crippen molar-refractivity contribution in [2.75, 3.05) is 30.4 Å². The lowest BCUT2D eigenvalue weighted by molar-refractivity contribution is -0.122. The fourth-order valence-corrected chi connectivity index (χ4v) is 3.73. The van der Waals surface area contributed by atoms with E-state index in [2.05, 4.69) is 21.6 Å². The Morgan fingerprint density at radius 1 is 1.07 bits per heavy atom. The lowest BCUT2D eigenvalue weighted by Gasteiger charge is -2.19. The average molecular weight is 410 g/mol. The van der Waals surface area contributed by atoms with E-state index in [1.807, 2.05) is 49.4 Å². The monoisotopic (exact) mass is 409 g/mol. The minimum absolute atomic E-state index is 0.0610. The van der Waals surface area contributed by atoms with Gasteiger partial charge in [-0.3, -0.25) is 9.59 Å². The van der Waals surface area contributed by atoms with Crippen LogP contribution < -0.4 is 20.3 Å². The van der Waals surface area contributed by atoms with E-state index in [-0.39, 0.29) is 24.3 Å². The van der Waals surface area contributed by atoms with E-state index in [1.54, 1.807) is 7.11 Å². The number of anilines is 2. The average Bonchev–Trinajstić information content (AvgIpc) is 3.27. The Bertz CT molecular complexity index is 862. The first kappa shape index (κ1) is 21.7. The van der Waals surface area contributed by atoms with Crippen molar-refractivity contribution < 1.29 is 14.3 Å². The first-order valence-corrected chi connectivity index (χ1v) is 10.6. The molecule has 3 rings (SSSR count). The third kappa shape index (κ3) is 6.51. The fourth-order valence-electron chi connectivity index (χ4n) is 3.73. The Kier molecular flexibility index (Phi) is 7.71. The highest BCUT2D eigenvalue weighted by Crippen LogP contribution is 2.23. The van der Waals surface area contributed by atoms with Gasteiger partial charge in [-0.25, -0.2) is 0 Å². The molecular weight excluding hydrogens is 378 g/mol. The third-order valence-electron chi connectivity index (χ3n) is 5.27.